The minimum atomic E-state index is 0.00819. The Balaban J connectivity index is 1.66. The van der Waals surface area contributed by atoms with E-state index in [9.17, 15) is 4.79 Å². The van der Waals surface area contributed by atoms with Crippen LogP contribution in [0.2, 0.25) is 5.02 Å². The third kappa shape index (κ3) is 4.39. The monoisotopic (exact) mass is 296 g/mol. The van der Waals surface area contributed by atoms with Gasteiger partial charge in [0.15, 0.2) is 0 Å². The smallest absolute Gasteiger partial charge is 0.239 e. The highest BCUT2D eigenvalue weighted by atomic mass is 35.5. The second kappa shape index (κ2) is 7.50. The topological polar surface area (TPSA) is 41.6 Å². The Morgan fingerprint density at radius 3 is 3.10 bits per heavy atom. The predicted molar refractivity (Wildman–Crippen MR) is 80.2 cm³/mol. The summed E-state index contributed by atoms with van der Waals surface area (Å²) in [6.45, 7) is 2.23. The number of nitrogens with zero attached hydrogens (tertiary/aromatic N) is 1. The van der Waals surface area contributed by atoms with Crippen LogP contribution in [0, 0.1) is 0 Å². The van der Waals surface area contributed by atoms with E-state index in [-0.39, 0.29) is 11.9 Å². The highest BCUT2D eigenvalue weighted by molar-refractivity contribution is 6.30. The Morgan fingerprint density at radius 1 is 1.55 bits per heavy atom. The molecule has 1 aliphatic heterocycles. The van der Waals surface area contributed by atoms with Crippen LogP contribution in [0.4, 0.5) is 0 Å². The molecular weight excluding hydrogens is 276 g/mol. The van der Waals surface area contributed by atoms with Crippen molar-refractivity contribution >= 4 is 17.5 Å². The number of halogens is 1. The third-order valence-electron chi connectivity index (χ3n) is 3.44. The van der Waals surface area contributed by atoms with Crippen LogP contribution in [-0.2, 0) is 4.79 Å². The van der Waals surface area contributed by atoms with E-state index in [4.69, 9.17) is 16.3 Å². The van der Waals surface area contributed by atoms with Crippen molar-refractivity contribution in [3.63, 3.8) is 0 Å². The molecule has 0 radical (unpaired) electrons. The van der Waals surface area contributed by atoms with Gasteiger partial charge in [-0.1, -0.05) is 17.7 Å². The zero-order chi connectivity index (χ0) is 14.4. The van der Waals surface area contributed by atoms with E-state index in [1.54, 1.807) is 11.0 Å². The minimum absolute atomic E-state index is 0.00819. The first-order valence-electron chi connectivity index (χ1n) is 7.03. The van der Waals surface area contributed by atoms with Crippen molar-refractivity contribution in [3.05, 3.63) is 29.3 Å². The van der Waals surface area contributed by atoms with Gasteiger partial charge >= 0.3 is 0 Å². The molecule has 1 aromatic carbocycles. The quantitative estimate of drug-likeness (QED) is 0.819. The van der Waals surface area contributed by atoms with E-state index in [2.05, 4.69) is 5.32 Å². The fourth-order valence-corrected chi connectivity index (χ4v) is 2.50. The first kappa shape index (κ1) is 15.1. The Morgan fingerprint density at radius 2 is 2.40 bits per heavy atom. The lowest BCUT2D eigenvalue weighted by Gasteiger charge is -2.21. The van der Waals surface area contributed by atoms with E-state index in [1.807, 2.05) is 25.2 Å². The lowest BCUT2D eigenvalue weighted by Crippen LogP contribution is -2.42. The van der Waals surface area contributed by atoms with E-state index in [0.29, 0.717) is 18.2 Å². The molecule has 0 aromatic heterocycles. The molecule has 1 amide bonds. The molecule has 110 valence electrons. The molecule has 1 unspecified atom stereocenters. The highest BCUT2D eigenvalue weighted by Crippen LogP contribution is 2.17. The van der Waals surface area contributed by atoms with Gasteiger partial charge in [-0.2, -0.15) is 0 Å². The number of rotatable bonds is 6. The van der Waals surface area contributed by atoms with Crippen molar-refractivity contribution in [2.75, 3.05) is 26.7 Å². The first-order chi connectivity index (χ1) is 9.66. The molecule has 5 heteroatoms. The van der Waals surface area contributed by atoms with Crippen LogP contribution >= 0.6 is 11.6 Å². The van der Waals surface area contributed by atoms with Crippen LogP contribution in [0.15, 0.2) is 24.3 Å². The van der Waals surface area contributed by atoms with E-state index < -0.39 is 0 Å². The molecule has 4 nitrogen and oxygen atoms in total. The Kier molecular flexibility index (Phi) is 5.68. The molecule has 20 heavy (non-hydrogen) atoms. The fourth-order valence-electron chi connectivity index (χ4n) is 2.32. The molecule has 0 saturated carbocycles. The van der Waals surface area contributed by atoms with Gasteiger partial charge in [-0.25, -0.2) is 0 Å². The molecule has 1 atom stereocenters. The van der Waals surface area contributed by atoms with Gasteiger partial charge in [0.05, 0.1) is 12.6 Å². The summed E-state index contributed by atoms with van der Waals surface area (Å²) in [6, 6.07) is 7.35. The summed E-state index contributed by atoms with van der Waals surface area (Å²) in [5, 5.41) is 3.89. The average Bonchev–Trinajstić information content (AvgIpc) is 2.96. The van der Waals surface area contributed by atoms with Gasteiger partial charge in [-0.3, -0.25) is 4.79 Å². The van der Waals surface area contributed by atoms with Crippen molar-refractivity contribution in [3.8, 4) is 5.75 Å². The number of hydrogen-bond donors (Lipinski definition) is 1. The molecule has 1 aromatic rings. The SMILES string of the molecule is CN(CCCOc1cccc(Cl)c1)C(=O)C1CCCN1. The number of hydrogen-bond acceptors (Lipinski definition) is 3. The zero-order valence-corrected chi connectivity index (χ0v) is 12.5. The number of likely N-dealkylation sites (N-methyl/N-ethyl adjacent to an activating group) is 1. The molecule has 1 heterocycles. The molecule has 0 spiro atoms. The summed E-state index contributed by atoms with van der Waals surface area (Å²) in [6.07, 6.45) is 2.84. The lowest BCUT2D eigenvalue weighted by molar-refractivity contribution is -0.131. The number of nitrogens with one attached hydrogen (secondary N) is 1. The maximum absolute atomic E-state index is 12.1. The molecule has 2 rings (SSSR count). The van der Waals surface area contributed by atoms with Crippen LogP contribution in [0.1, 0.15) is 19.3 Å². The van der Waals surface area contributed by atoms with E-state index >= 15 is 0 Å². The Bertz CT molecular complexity index is 447. The van der Waals surface area contributed by atoms with Gasteiger partial charge in [0.25, 0.3) is 0 Å². The maximum Gasteiger partial charge on any atom is 0.239 e. The van der Waals surface area contributed by atoms with Crippen molar-refractivity contribution in [2.45, 2.75) is 25.3 Å². The van der Waals surface area contributed by atoms with Gasteiger partial charge in [0, 0.05) is 18.6 Å². The van der Waals surface area contributed by atoms with Gasteiger partial charge in [-0.05, 0) is 44.0 Å². The summed E-state index contributed by atoms with van der Waals surface area (Å²) >= 11 is 5.88. The second-order valence-corrected chi connectivity index (χ2v) is 5.50. The number of carbonyl (C=O) groups is 1. The largest absolute Gasteiger partial charge is 0.493 e. The second-order valence-electron chi connectivity index (χ2n) is 5.07. The number of benzene rings is 1. The maximum atomic E-state index is 12.1. The first-order valence-corrected chi connectivity index (χ1v) is 7.41. The molecule has 1 saturated heterocycles. The van der Waals surface area contributed by atoms with E-state index in [1.165, 1.54) is 0 Å². The molecule has 1 N–H and O–H groups in total. The lowest BCUT2D eigenvalue weighted by atomic mass is 10.2. The average molecular weight is 297 g/mol. The van der Waals surface area contributed by atoms with Gasteiger partial charge in [0.1, 0.15) is 5.75 Å². The fraction of sp³-hybridized carbons (Fsp3) is 0.533. The van der Waals surface area contributed by atoms with Crippen LogP contribution in [0.3, 0.4) is 0 Å². The molecule has 1 aliphatic rings. The summed E-state index contributed by atoms with van der Waals surface area (Å²) in [5.41, 5.74) is 0. The highest BCUT2D eigenvalue weighted by Gasteiger charge is 2.24. The molecule has 0 bridgehead atoms. The summed E-state index contributed by atoms with van der Waals surface area (Å²) in [7, 11) is 1.85. The minimum Gasteiger partial charge on any atom is -0.493 e. The van der Waals surface area contributed by atoms with Crippen molar-refractivity contribution in [2.24, 2.45) is 0 Å². The number of ether oxygens (including phenoxy) is 1. The van der Waals surface area contributed by atoms with Crippen molar-refractivity contribution < 1.29 is 9.53 Å². The van der Waals surface area contributed by atoms with Crippen molar-refractivity contribution in [1.82, 2.24) is 10.2 Å². The van der Waals surface area contributed by atoms with Crippen LogP contribution in [-0.4, -0.2) is 43.6 Å². The van der Waals surface area contributed by atoms with Gasteiger partial charge in [-0.15, -0.1) is 0 Å². The summed E-state index contributed by atoms with van der Waals surface area (Å²) in [4.78, 5) is 13.8. The normalized spacial score (nSPS) is 18.0. The van der Waals surface area contributed by atoms with Gasteiger partial charge < -0.3 is 15.0 Å². The van der Waals surface area contributed by atoms with Crippen molar-refractivity contribution in [1.29, 1.82) is 0 Å². The number of amides is 1. The molecule has 1 fully saturated rings. The Hall–Kier alpha value is -1.26. The van der Waals surface area contributed by atoms with Gasteiger partial charge in [0.2, 0.25) is 5.91 Å². The summed E-state index contributed by atoms with van der Waals surface area (Å²) in [5.74, 6) is 0.953. The molecule has 0 aliphatic carbocycles. The third-order valence-corrected chi connectivity index (χ3v) is 3.67. The summed E-state index contributed by atoms with van der Waals surface area (Å²) < 4.78 is 5.60. The van der Waals surface area contributed by atoms with Crippen LogP contribution in [0.5, 0.6) is 5.75 Å². The predicted octanol–water partition coefficient (Wildman–Crippen LogP) is 2.32. The zero-order valence-electron chi connectivity index (χ0n) is 11.8. The van der Waals surface area contributed by atoms with Crippen LogP contribution in [0.25, 0.3) is 0 Å². The molecular formula is C15H21ClN2O2. The standard InChI is InChI=1S/C15H21ClN2O2/c1-18(15(19)14-7-3-8-17-14)9-4-10-20-13-6-2-5-12(16)11-13/h2,5-6,11,14,17H,3-4,7-10H2,1H3. The Labute approximate surface area is 125 Å². The number of carbonyl (C=O) groups excluding carboxylic acids is 1. The van der Waals surface area contributed by atoms with E-state index in [0.717, 1.165) is 31.6 Å². The van der Waals surface area contributed by atoms with Crippen LogP contribution < -0.4 is 10.1 Å².